The Hall–Kier alpha value is -1.96. The smallest absolute Gasteiger partial charge is 0.0903 e. The molecule has 0 aliphatic heterocycles. The predicted octanol–water partition coefficient (Wildman–Crippen LogP) is 7.86. The van der Waals surface area contributed by atoms with Gasteiger partial charge in [0.25, 0.3) is 0 Å². The van der Waals surface area contributed by atoms with Crippen LogP contribution in [-0.4, -0.2) is 19.8 Å². The van der Waals surface area contributed by atoms with Gasteiger partial charge in [0.1, 0.15) is 0 Å². The molecule has 0 atom stereocenters. The molecule has 2 aromatic rings. The number of benzene rings is 2. The van der Waals surface area contributed by atoms with Crippen LogP contribution in [0.5, 0.6) is 0 Å². The molecule has 0 aromatic heterocycles. The molecule has 2 aromatic carbocycles. The van der Waals surface area contributed by atoms with Crippen LogP contribution in [0.15, 0.2) is 0 Å². The fourth-order valence-corrected chi connectivity index (χ4v) is 5.16. The lowest BCUT2D eigenvalue weighted by molar-refractivity contribution is 0.690. The Labute approximate surface area is 192 Å². The molecule has 0 fully saturated rings. The lowest BCUT2D eigenvalue weighted by Gasteiger charge is -2.38. The molecule has 0 amide bonds. The lowest BCUT2D eigenvalue weighted by atomic mass is 9.91. The van der Waals surface area contributed by atoms with Crippen LogP contribution in [0, 0.1) is 69.2 Å². The van der Waals surface area contributed by atoms with Gasteiger partial charge in [0.2, 0.25) is 0 Å². The van der Waals surface area contributed by atoms with Gasteiger partial charge in [0.15, 0.2) is 0 Å². The van der Waals surface area contributed by atoms with Gasteiger partial charge in [-0.05, 0) is 138 Å². The molecule has 2 heteroatoms. The van der Waals surface area contributed by atoms with Gasteiger partial charge < -0.3 is 9.80 Å². The minimum atomic E-state index is 0.939. The van der Waals surface area contributed by atoms with Crippen molar-refractivity contribution in [2.75, 3.05) is 29.6 Å². The molecule has 0 radical (unpaired) electrons. The standard InChI is InChI=1S/C29H46N2/c1-13-15-30(28-24(9)20(5)18(3)21(6)25(28)10)17-31(16-14-2)29-26(11)22(7)19(4)23(8)27(29)12/h13-17H2,1-12H3. The van der Waals surface area contributed by atoms with E-state index >= 15 is 0 Å². The summed E-state index contributed by atoms with van der Waals surface area (Å²) in [5.74, 6) is 0. The average Bonchev–Trinajstić information content (AvgIpc) is 2.74. The van der Waals surface area contributed by atoms with Crippen molar-refractivity contribution in [2.45, 2.75) is 95.9 Å². The summed E-state index contributed by atoms with van der Waals surface area (Å²) in [6, 6.07) is 0. The van der Waals surface area contributed by atoms with Crippen molar-refractivity contribution in [3.8, 4) is 0 Å². The van der Waals surface area contributed by atoms with Gasteiger partial charge in [-0.15, -0.1) is 0 Å². The van der Waals surface area contributed by atoms with Crippen LogP contribution in [0.25, 0.3) is 0 Å². The third-order valence-electron chi connectivity index (χ3n) is 7.88. The number of nitrogens with zero attached hydrogens (tertiary/aromatic N) is 2. The topological polar surface area (TPSA) is 6.48 Å². The first kappa shape index (κ1) is 25.3. The van der Waals surface area contributed by atoms with Gasteiger partial charge in [-0.25, -0.2) is 0 Å². The van der Waals surface area contributed by atoms with E-state index in [4.69, 9.17) is 0 Å². The van der Waals surface area contributed by atoms with E-state index in [9.17, 15) is 0 Å². The summed E-state index contributed by atoms with van der Waals surface area (Å²) >= 11 is 0. The Kier molecular flexibility index (Phi) is 8.25. The summed E-state index contributed by atoms with van der Waals surface area (Å²) < 4.78 is 0. The van der Waals surface area contributed by atoms with Crippen LogP contribution < -0.4 is 9.80 Å². The molecule has 2 nitrogen and oxygen atoms in total. The summed E-state index contributed by atoms with van der Waals surface area (Å²) in [5.41, 5.74) is 17.3. The van der Waals surface area contributed by atoms with Crippen molar-refractivity contribution in [3.63, 3.8) is 0 Å². The lowest BCUT2D eigenvalue weighted by Crippen LogP contribution is -2.41. The highest BCUT2D eigenvalue weighted by atomic mass is 15.3. The third-order valence-corrected chi connectivity index (χ3v) is 7.88. The van der Waals surface area contributed by atoms with Crippen LogP contribution in [-0.2, 0) is 0 Å². The van der Waals surface area contributed by atoms with Crippen molar-refractivity contribution >= 4 is 11.4 Å². The first-order valence-electron chi connectivity index (χ1n) is 12.1. The second kappa shape index (κ2) is 10.1. The molecule has 0 aliphatic carbocycles. The first-order valence-corrected chi connectivity index (χ1v) is 12.1. The largest absolute Gasteiger partial charge is 0.353 e. The quantitative estimate of drug-likeness (QED) is 0.399. The van der Waals surface area contributed by atoms with E-state index in [1.54, 1.807) is 0 Å². The Bertz CT molecular complexity index is 817. The first-order chi connectivity index (χ1) is 14.5. The molecule has 0 saturated heterocycles. The Morgan fingerprint density at radius 2 is 0.613 bits per heavy atom. The van der Waals surface area contributed by atoms with Gasteiger partial charge in [0.05, 0.1) is 6.67 Å². The van der Waals surface area contributed by atoms with E-state index in [0.29, 0.717) is 0 Å². The van der Waals surface area contributed by atoms with Crippen molar-refractivity contribution in [3.05, 3.63) is 55.6 Å². The van der Waals surface area contributed by atoms with Crippen molar-refractivity contribution in [1.29, 1.82) is 0 Å². The molecular weight excluding hydrogens is 376 g/mol. The van der Waals surface area contributed by atoms with E-state index in [2.05, 4.69) is 92.9 Å². The second-order valence-corrected chi connectivity index (χ2v) is 9.62. The molecular formula is C29H46N2. The molecule has 2 rings (SSSR count). The zero-order valence-electron chi connectivity index (χ0n) is 22.4. The second-order valence-electron chi connectivity index (χ2n) is 9.62. The van der Waals surface area contributed by atoms with Gasteiger partial charge in [0, 0.05) is 24.5 Å². The van der Waals surface area contributed by atoms with Crippen LogP contribution >= 0.6 is 0 Å². The van der Waals surface area contributed by atoms with Crippen LogP contribution in [0.2, 0.25) is 0 Å². The molecule has 0 heterocycles. The van der Waals surface area contributed by atoms with Crippen molar-refractivity contribution in [2.24, 2.45) is 0 Å². The average molecular weight is 423 g/mol. The molecule has 172 valence electrons. The Balaban J connectivity index is 2.66. The molecule has 0 saturated carbocycles. The molecule has 0 aliphatic rings. The normalized spacial score (nSPS) is 11.2. The van der Waals surface area contributed by atoms with Crippen LogP contribution in [0.3, 0.4) is 0 Å². The predicted molar refractivity (Wildman–Crippen MR) is 140 cm³/mol. The maximum absolute atomic E-state index is 2.64. The molecule has 0 spiro atoms. The van der Waals surface area contributed by atoms with Crippen molar-refractivity contribution in [1.82, 2.24) is 0 Å². The Morgan fingerprint density at radius 1 is 0.387 bits per heavy atom. The number of hydrogen-bond donors (Lipinski definition) is 0. The van der Waals surface area contributed by atoms with Crippen LogP contribution in [0.4, 0.5) is 11.4 Å². The van der Waals surface area contributed by atoms with E-state index in [0.717, 1.165) is 32.6 Å². The maximum atomic E-state index is 2.64. The van der Waals surface area contributed by atoms with Gasteiger partial charge in [-0.1, -0.05) is 13.8 Å². The highest BCUT2D eigenvalue weighted by molar-refractivity contribution is 5.69. The summed E-state index contributed by atoms with van der Waals surface area (Å²) in [5, 5.41) is 0. The highest BCUT2D eigenvalue weighted by Gasteiger charge is 2.22. The van der Waals surface area contributed by atoms with E-state index in [1.165, 1.54) is 67.0 Å². The van der Waals surface area contributed by atoms with Gasteiger partial charge >= 0.3 is 0 Å². The molecule has 0 unspecified atom stereocenters. The van der Waals surface area contributed by atoms with E-state index in [-0.39, 0.29) is 0 Å². The van der Waals surface area contributed by atoms with Crippen molar-refractivity contribution < 1.29 is 0 Å². The molecule has 0 bridgehead atoms. The number of rotatable bonds is 8. The van der Waals surface area contributed by atoms with E-state index in [1.807, 2.05) is 0 Å². The third kappa shape index (κ3) is 4.64. The fourth-order valence-electron chi connectivity index (χ4n) is 5.16. The summed E-state index contributed by atoms with van der Waals surface area (Å²) in [4.78, 5) is 5.28. The van der Waals surface area contributed by atoms with E-state index < -0.39 is 0 Å². The molecule has 31 heavy (non-hydrogen) atoms. The van der Waals surface area contributed by atoms with Crippen LogP contribution in [0.1, 0.15) is 82.3 Å². The molecule has 0 N–H and O–H groups in total. The maximum Gasteiger partial charge on any atom is 0.0903 e. The Morgan fingerprint density at radius 3 is 0.839 bits per heavy atom. The zero-order chi connectivity index (χ0) is 23.6. The number of anilines is 2. The monoisotopic (exact) mass is 422 g/mol. The minimum absolute atomic E-state index is 0.939. The SMILES string of the molecule is CCCN(CN(CCC)c1c(C)c(C)c(C)c(C)c1C)c1c(C)c(C)c(C)c(C)c1C. The summed E-state index contributed by atoms with van der Waals surface area (Å²) in [6.45, 7) is 30.6. The summed E-state index contributed by atoms with van der Waals surface area (Å²) in [7, 11) is 0. The highest BCUT2D eigenvalue weighted by Crippen LogP contribution is 2.36. The fraction of sp³-hybridized carbons (Fsp3) is 0.586. The van der Waals surface area contributed by atoms with Gasteiger partial charge in [-0.2, -0.15) is 0 Å². The summed E-state index contributed by atoms with van der Waals surface area (Å²) in [6.07, 6.45) is 2.30. The van der Waals surface area contributed by atoms with Gasteiger partial charge in [-0.3, -0.25) is 0 Å². The minimum Gasteiger partial charge on any atom is -0.353 e. The number of hydrogen-bond acceptors (Lipinski definition) is 2. The zero-order valence-corrected chi connectivity index (χ0v) is 22.4.